The van der Waals surface area contributed by atoms with Crippen LogP contribution in [0.4, 0.5) is 0 Å². The van der Waals surface area contributed by atoms with Crippen LogP contribution in [-0.2, 0) is 10.2 Å². The fraction of sp³-hybridized carbons (Fsp3) is 0.533. The zero-order valence-corrected chi connectivity index (χ0v) is 12.7. The summed E-state index contributed by atoms with van der Waals surface area (Å²) in [4.78, 5) is 11.0. The number of carboxylic acid groups (broad SMARTS) is 1. The van der Waals surface area contributed by atoms with Crippen LogP contribution in [0.25, 0.3) is 0 Å². The number of halogens is 1. The molecule has 0 atom stereocenters. The fourth-order valence-corrected chi connectivity index (χ4v) is 2.31. The van der Waals surface area contributed by atoms with Crippen molar-refractivity contribution in [1.29, 1.82) is 0 Å². The van der Waals surface area contributed by atoms with Gasteiger partial charge in [-0.2, -0.15) is 0 Å². The lowest BCUT2D eigenvalue weighted by Crippen LogP contribution is -2.21. The van der Waals surface area contributed by atoms with Gasteiger partial charge in [0.05, 0.1) is 24.7 Å². The molecule has 2 rings (SSSR count). The van der Waals surface area contributed by atoms with E-state index < -0.39 is 11.4 Å². The number of carboxylic acids is 1. The van der Waals surface area contributed by atoms with Gasteiger partial charge in [-0.05, 0) is 30.5 Å². The maximum absolute atomic E-state index is 11.0. The quantitative estimate of drug-likeness (QED) is 0.871. The maximum atomic E-state index is 11.0. The van der Waals surface area contributed by atoms with E-state index in [1.54, 1.807) is 13.2 Å². The lowest BCUT2D eigenvalue weighted by Gasteiger charge is -2.25. The second-order valence-electron chi connectivity index (χ2n) is 5.76. The summed E-state index contributed by atoms with van der Waals surface area (Å²) < 4.78 is 11.1. The number of ether oxygens (including phenoxy) is 2. The summed E-state index contributed by atoms with van der Waals surface area (Å²) in [6, 6.07) is 3.58. The molecule has 4 nitrogen and oxygen atoms in total. The molecule has 0 spiro atoms. The molecule has 0 radical (unpaired) electrons. The van der Waals surface area contributed by atoms with Crippen molar-refractivity contribution in [2.45, 2.75) is 44.6 Å². The first-order valence-corrected chi connectivity index (χ1v) is 6.98. The molecule has 0 aliphatic heterocycles. The fourth-order valence-electron chi connectivity index (χ4n) is 2.06. The highest BCUT2D eigenvalue weighted by Gasteiger charge is 2.29. The Morgan fingerprint density at radius 3 is 2.60 bits per heavy atom. The third-order valence-corrected chi connectivity index (χ3v) is 3.69. The van der Waals surface area contributed by atoms with E-state index in [4.69, 9.17) is 26.2 Å². The molecule has 0 saturated heterocycles. The van der Waals surface area contributed by atoms with Crippen molar-refractivity contribution in [2.75, 3.05) is 7.11 Å². The van der Waals surface area contributed by atoms with Crippen molar-refractivity contribution < 1.29 is 19.4 Å². The highest BCUT2D eigenvalue weighted by molar-refractivity contribution is 6.32. The van der Waals surface area contributed by atoms with Gasteiger partial charge in [-0.15, -0.1) is 0 Å². The summed E-state index contributed by atoms with van der Waals surface area (Å²) in [6.45, 7) is 3.74. The molecule has 0 bridgehead atoms. The van der Waals surface area contributed by atoms with Crippen LogP contribution in [0.3, 0.4) is 0 Å². The second kappa shape index (κ2) is 5.52. The molecule has 5 heteroatoms. The lowest BCUT2D eigenvalue weighted by atomic mass is 9.81. The minimum atomic E-state index is -0.844. The van der Waals surface area contributed by atoms with Crippen molar-refractivity contribution in [2.24, 2.45) is 0 Å². The van der Waals surface area contributed by atoms with E-state index >= 15 is 0 Å². The van der Waals surface area contributed by atoms with E-state index in [1.807, 2.05) is 19.9 Å². The van der Waals surface area contributed by atoms with Gasteiger partial charge in [0.2, 0.25) is 0 Å². The predicted octanol–water partition coefficient (Wildman–Crippen LogP) is 3.64. The van der Waals surface area contributed by atoms with Crippen molar-refractivity contribution in [1.82, 2.24) is 0 Å². The molecule has 0 aromatic heterocycles. The molecule has 0 heterocycles. The van der Waals surface area contributed by atoms with E-state index in [9.17, 15) is 4.79 Å². The number of carbonyl (C=O) groups is 1. The van der Waals surface area contributed by atoms with Gasteiger partial charge in [-0.1, -0.05) is 25.4 Å². The number of aliphatic carboxylic acids is 1. The average molecular weight is 299 g/mol. The van der Waals surface area contributed by atoms with Crippen LogP contribution in [0.5, 0.6) is 11.5 Å². The van der Waals surface area contributed by atoms with Gasteiger partial charge in [0.25, 0.3) is 0 Å². The standard InChI is InChI=1S/C15H19ClO4/c1-15(2,8-13(17)18)9-6-11(16)14(12(7-9)19-3)20-10-4-5-10/h6-7,10H,4-5,8H2,1-3H3,(H,17,18). The number of rotatable bonds is 6. The molecule has 0 unspecified atom stereocenters. The zero-order chi connectivity index (χ0) is 14.9. The Morgan fingerprint density at radius 2 is 2.10 bits per heavy atom. The van der Waals surface area contributed by atoms with Gasteiger partial charge in [0.1, 0.15) is 0 Å². The van der Waals surface area contributed by atoms with E-state index in [0.717, 1.165) is 18.4 Å². The minimum Gasteiger partial charge on any atom is -0.493 e. The first-order chi connectivity index (χ1) is 9.33. The molecule has 1 fully saturated rings. The number of methoxy groups -OCH3 is 1. The van der Waals surface area contributed by atoms with Crippen molar-refractivity contribution in [3.05, 3.63) is 22.7 Å². The SMILES string of the molecule is COc1cc(C(C)(C)CC(=O)O)cc(Cl)c1OC1CC1. The predicted molar refractivity (Wildman–Crippen MR) is 76.9 cm³/mol. The van der Waals surface area contributed by atoms with E-state index in [1.165, 1.54) is 0 Å². The summed E-state index contributed by atoms with van der Waals surface area (Å²) in [6.07, 6.45) is 2.31. The zero-order valence-electron chi connectivity index (χ0n) is 11.9. The number of hydrogen-bond acceptors (Lipinski definition) is 3. The van der Waals surface area contributed by atoms with Gasteiger partial charge >= 0.3 is 5.97 Å². The Balaban J connectivity index is 2.35. The number of benzene rings is 1. The maximum Gasteiger partial charge on any atom is 0.304 e. The molecule has 0 amide bonds. The van der Waals surface area contributed by atoms with Crippen LogP contribution < -0.4 is 9.47 Å². The van der Waals surface area contributed by atoms with E-state index in [2.05, 4.69) is 0 Å². The van der Waals surface area contributed by atoms with Gasteiger partial charge in [-0.25, -0.2) is 0 Å². The molecule has 110 valence electrons. The molecule has 1 saturated carbocycles. The third-order valence-electron chi connectivity index (χ3n) is 3.41. The summed E-state index contributed by atoms with van der Waals surface area (Å²) in [5.74, 6) is 0.257. The lowest BCUT2D eigenvalue weighted by molar-refractivity contribution is -0.138. The molecular formula is C15H19ClO4. The smallest absolute Gasteiger partial charge is 0.304 e. The molecule has 1 aliphatic carbocycles. The van der Waals surface area contributed by atoms with Crippen LogP contribution in [-0.4, -0.2) is 24.3 Å². The highest BCUT2D eigenvalue weighted by atomic mass is 35.5. The van der Waals surface area contributed by atoms with Gasteiger partial charge in [-0.3, -0.25) is 4.79 Å². The monoisotopic (exact) mass is 298 g/mol. The molecule has 20 heavy (non-hydrogen) atoms. The van der Waals surface area contributed by atoms with Gasteiger partial charge in [0.15, 0.2) is 11.5 Å². The summed E-state index contributed by atoms with van der Waals surface area (Å²) in [5.41, 5.74) is 0.297. The first kappa shape index (κ1) is 15.0. The van der Waals surface area contributed by atoms with Crippen LogP contribution in [0.1, 0.15) is 38.7 Å². The largest absolute Gasteiger partial charge is 0.493 e. The number of hydrogen-bond donors (Lipinski definition) is 1. The summed E-state index contributed by atoms with van der Waals surface area (Å²) >= 11 is 6.28. The second-order valence-corrected chi connectivity index (χ2v) is 6.17. The van der Waals surface area contributed by atoms with Crippen LogP contribution in [0.15, 0.2) is 12.1 Å². The van der Waals surface area contributed by atoms with Gasteiger partial charge in [0, 0.05) is 5.41 Å². The van der Waals surface area contributed by atoms with Crippen LogP contribution in [0.2, 0.25) is 5.02 Å². The van der Waals surface area contributed by atoms with Crippen LogP contribution in [0, 0.1) is 0 Å². The molecule has 1 aromatic rings. The van der Waals surface area contributed by atoms with E-state index in [0.29, 0.717) is 16.5 Å². The summed E-state index contributed by atoms with van der Waals surface area (Å²) in [5, 5.41) is 9.46. The third kappa shape index (κ3) is 3.37. The highest BCUT2D eigenvalue weighted by Crippen LogP contribution is 2.43. The topological polar surface area (TPSA) is 55.8 Å². The molecule has 1 aromatic carbocycles. The Hall–Kier alpha value is -1.42. The summed E-state index contributed by atoms with van der Waals surface area (Å²) in [7, 11) is 1.55. The minimum absolute atomic E-state index is 0.0231. The van der Waals surface area contributed by atoms with Crippen molar-refractivity contribution in [3.8, 4) is 11.5 Å². The molecule has 1 aliphatic rings. The first-order valence-electron chi connectivity index (χ1n) is 6.60. The molecule has 1 N–H and O–H groups in total. The average Bonchev–Trinajstić information content (AvgIpc) is 3.13. The Labute approximate surface area is 123 Å². The van der Waals surface area contributed by atoms with Crippen LogP contribution >= 0.6 is 11.6 Å². The Morgan fingerprint density at radius 1 is 1.45 bits per heavy atom. The normalized spacial score (nSPS) is 15.0. The van der Waals surface area contributed by atoms with E-state index in [-0.39, 0.29) is 12.5 Å². The Bertz CT molecular complexity index is 521. The van der Waals surface area contributed by atoms with Gasteiger partial charge < -0.3 is 14.6 Å². The van der Waals surface area contributed by atoms with Crippen molar-refractivity contribution >= 4 is 17.6 Å². The molecular weight excluding hydrogens is 280 g/mol. The van der Waals surface area contributed by atoms with Crippen molar-refractivity contribution in [3.63, 3.8) is 0 Å². The Kier molecular flexibility index (Phi) is 4.14.